The lowest BCUT2D eigenvalue weighted by Crippen LogP contribution is -2.57. The Morgan fingerprint density at radius 3 is 3.14 bits per heavy atom. The minimum absolute atomic E-state index is 0.110. The molecule has 1 aliphatic rings. The van der Waals surface area contributed by atoms with Gasteiger partial charge in [-0.3, -0.25) is 14.6 Å². The smallest absolute Gasteiger partial charge is 0.255 e. The average Bonchev–Trinajstić information content (AvgIpc) is 2.52. The fraction of sp³-hybridized carbons (Fsp3) is 0.400. The van der Waals surface area contributed by atoms with E-state index in [-0.39, 0.29) is 18.4 Å². The van der Waals surface area contributed by atoms with Gasteiger partial charge in [-0.05, 0) is 12.5 Å². The number of pyridine rings is 1. The topological polar surface area (TPSA) is 88.3 Å². The van der Waals surface area contributed by atoms with Crippen molar-refractivity contribution >= 4 is 11.8 Å². The Labute approximate surface area is 123 Å². The van der Waals surface area contributed by atoms with E-state index >= 15 is 0 Å². The Balaban J connectivity index is 2.33. The fourth-order valence-corrected chi connectivity index (χ4v) is 2.35. The van der Waals surface area contributed by atoms with E-state index in [1.165, 1.54) is 0 Å². The summed E-state index contributed by atoms with van der Waals surface area (Å²) in [6.45, 7) is 3.06. The van der Waals surface area contributed by atoms with E-state index in [1.807, 2.05) is 6.92 Å². The standard InChI is InChI=1S/C15H18N4O2/c1-2-13-14(20)18-8-9-19(13)15(21)12-5-7-17-10-11(12)4-3-6-16/h5,7,10,13H,2,6,8-9,16H2,1H3,(H,18,20). The molecule has 1 fully saturated rings. The number of hydrogen-bond acceptors (Lipinski definition) is 4. The highest BCUT2D eigenvalue weighted by atomic mass is 16.2. The zero-order valence-electron chi connectivity index (χ0n) is 11.9. The first-order valence-electron chi connectivity index (χ1n) is 6.90. The van der Waals surface area contributed by atoms with Crippen LogP contribution in [0.5, 0.6) is 0 Å². The van der Waals surface area contributed by atoms with E-state index in [0.717, 1.165) is 0 Å². The Morgan fingerprint density at radius 2 is 2.43 bits per heavy atom. The van der Waals surface area contributed by atoms with Crippen LogP contribution in [0.2, 0.25) is 0 Å². The van der Waals surface area contributed by atoms with Crippen LogP contribution in [-0.2, 0) is 4.79 Å². The maximum atomic E-state index is 12.7. The van der Waals surface area contributed by atoms with E-state index in [2.05, 4.69) is 22.1 Å². The average molecular weight is 286 g/mol. The van der Waals surface area contributed by atoms with Gasteiger partial charge < -0.3 is 16.0 Å². The highest BCUT2D eigenvalue weighted by Gasteiger charge is 2.32. The SMILES string of the molecule is CCC1C(=O)NCCN1C(=O)c1ccncc1C#CCN. The van der Waals surface area contributed by atoms with Crippen molar-refractivity contribution in [2.75, 3.05) is 19.6 Å². The van der Waals surface area contributed by atoms with Crippen molar-refractivity contribution < 1.29 is 9.59 Å². The van der Waals surface area contributed by atoms with Gasteiger partial charge in [0.25, 0.3) is 5.91 Å². The molecule has 0 aromatic carbocycles. The third-order valence-electron chi connectivity index (χ3n) is 3.35. The third-order valence-corrected chi connectivity index (χ3v) is 3.35. The molecule has 1 unspecified atom stereocenters. The van der Waals surface area contributed by atoms with Gasteiger partial charge in [0, 0.05) is 25.5 Å². The number of aromatic nitrogens is 1. The number of nitrogens with zero attached hydrogens (tertiary/aromatic N) is 2. The quantitative estimate of drug-likeness (QED) is 0.733. The van der Waals surface area contributed by atoms with E-state index in [0.29, 0.717) is 30.6 Å². The number of amides is 2. The van der Waals surface area contributed by atoms with Crippen LogP contribution in [0.1, 0.15) is 29.3 Å². The van der Waals surface area contributed by atoms with Crippen molar-refractivity contribution in [3.05, 3.63) is 29.6 Å². The fourth-order valence-electron chi connectivity index (χ4n) is 2.35. The number of nitrogens with one attached hydrogen (secondary N) is 1. The molecule has 0 radical (unpaired) electrons. The summed E-state index contributed by atoms with van der Waals surface area (Å²) in [5.74, 6) is 5.27. The monoisotopic (exact) mass is 286 g/mol. The van der Waals surface area contributed by atoms with Crippen LogP contribution in [0.25, 0.3) is 0 Å². The number of carbonyl (C=O) groups is 2. The molecule has 110 valence electrons. The molecule has 1 saturated heterocycles. The second-order valence-electron chi connectivity index (χ2n) is 4.64. The summed E-state index contributed by atoms with van der Waals surface area (Å²) in [6.07, 6.45) is 3.67. The summed E-state index contributed by atoms with van der Waals surface area (Å²) in [5.41, 5.74) is 6.36. The molecule has 3 N–H and O–H groups in total. The van der Waals surface area contributed by atoms with Crippen LogP contribution in [0.3, 0.4) is 0 Å². The normalized spacial score (nSPS) is 17.7. The number of piperazine rings is 1. The summed E-state index contributed by atoms with van der Waals surface area (Å²) in [4.78, 5) is 30.2. The first kappa shape index (κ1) is 15.0. The lowest BCUT2D eigenvalue weighted by atomic mass is 10.1. The second kappa shape index (κ2) is 6.86. The van der Waals surface area contributed by atoms with E-state index in [4.69, 9.17) is 5.73 Å². The molecule has 0 bridgehead atoms. The number of hydrogen-bond donors (Lipinski definition) is 2. The summed E-state index contributed by atoms with van der Waals surface area (Å²) in [6, 6.07) is 1.19. The Bertz CT molecular complexity index is 603. The highest BCUT2D eigenvalue weighted by molar-refractivity contribution is 5.99. The third kappa shape index (κ3) is 3.20. The second-order valence-corrected chi connectivity index (χ2v) is 4.64. The number of nitrogens with two attached hydrogens (primary N) is 1. The Hall–Kier alpha value is -2.39. The van der Waals surface area contributed by atoms with Gasteiger partial charge >= 0.3 is 0 Å². The molecule has 6 nitrogen and oxygen atoms in total. The van der Waals surface area contributed by atoms with Gasteiger partial charge in [0.15, 0.2) is 0 Å². The highest BCUT2D eigenvalue weighted by Crippen LogP contribution is 2.15. The van der Waals surface area contributed by atoms with E-state index < -0.39 is 6.04 Å². The molecule has 1 aliphatic heterocycles. The largest absolute Gasteiger partial charge is 0.353 e. The molecule has 2 rings (SSSR count). The molecule has 6 heteroatoms. The molecule has 0 aliphatic carbocycles. The zero-order chi connectivity index (χ0) is 15.2. The van der Waals surface area contributed by atoms with Crippen molar-refractivity contribution in [2.24, 2.45) is 5.73 Å². The maximum Gasteiger partial charge on any atom is 0.255 e. The summed E-state index contributed by atoms with van der Waals surface area (Å²) in [7, 11) is 0. The number of carbonyl (C=O) groups excluding carboxylic acids is 2. The van der Waals surface area contributed by atoms with Gasteiger partial charge in [-0.15, -0.1) is 0 Å². The predicted molar refractivity (Wildman–Crippen MR) is 78.3 cm³/mol. The minimum atomic E-state index is -0.435. The van der Waals surface area contributed by atoms with Crippen molar-refractivity contribution in [3.8, 4) is 11.8 Å². The van der Waals surface area contributed by atoms with Crippen molar-refractivity contribution in [2.45, 2.75) is 19.4 Å². The predicted octanol–water partition coefficient (Wildman–Crippen LogP) is -0.258. The molecular weight excluding hydrogens is 268 g/mol. The zero-order valence-corrected chi connectivity index (χ0v) is 11.9. The molecule has 1 atom stereocenters. The Kier molecular flexibility index (Phi) is 4.90. The van der Waals surface area contributed by atoms with Gasteiger partial charge in [-0.25, -0.2) is 0 Å². The molecular formula is C15H18N4O2. The van der Waals surface area contributed by atoms with Gasteiger partial charge in [0.1, 0.15) is 6.04 Å². The van der Waals surface area contributed by atoms with Gasteiger partial charge in [-0.2, -0.15) is 0 Å². The van der Waals surface area contributed by atoms with Crippen molar-refractivity contribution in [1.29, 1.82) is 0 Å². The van der Waals surface area contributed by atoms with Crippen LogP contribution in [0.4, 0.5) is 0 Å². The summed E-state index contributed by atoms with van der Waals surface area (Å²) >= 11 is 0. The molecule has 21 heavy (non-hydrogen) atoms. The van der Waals surface area contributed by atoms with Gasteiger partial charge in [-0.1, -0.05) is 18.8 Å². The van der Waals surface area contributed by atoms with Crippen LogP contribution in [0, 0.1) is 11.8 Å². The first-order valence-corrected chi connectivity index (χ1v) is 6.90. The molecule has 0 saturated carbocycles. The van der Waals surface area contributed by atoms with Gasteiger partial charge in [0.2, 0.25) is 5.91 Å². The van der Waals surface area contributed by atoms with Crippen LogP contribution >= 0.6 is 0 Å². The first-order chi connectivity index (χ1) is 10.2. The lowest BCUT2D eigenvalue weighted by molar-refractivity contribution is -0.127. The molecule has 0 spiro atoms. The van der Waals surface area contributed by atoms with Crippen LogP contribution in [0.15, 0.2) is 18.5 Å². The molecule has 2 amide bonds. The minimum Gasteiger partial charge on any atom is -0.353 e. The van der Waals surface area contributed by atoms with Gasteiger partial charge in [0.05, 0.1) is 17.7 Å². The van der Waals surface area contributed by atoms with Crippen LogP contribution < -0.4 is 11.1 Å². The molecule has 1 aromatic rings. The molecule has 2 heterocycles. The van der Waals surface area contributed by atoms with E-state index in [9.17, 15) is 9.59 Å². The maximum absolute atomic E-state index is 12.7. The Morgan fingerprint density at radius 1 is 1.62 bits per heavy atom. The lowest BCUT2D eigenvalue weighted by Gasteiger charge is -2.34. The summed E-state index contributed by atoms with van der Waals surface area (Å²) < 4.78 is 0. The van der Waals surface area contributed by atoms with Crippen molar-refractivity contribution in [1.82, 2.24) is 15.2 Å². The number of rotatable bonds is 2. The van der Waals surface area contributed by atoms with E-state index in [1.54, 1.807) is 23.4 Å². The summed E-state index contributed by atoms with van der Waals surface area (Å²) in [5, 5.41) is 2.78. The van der Waals surface area contributed by atoms with Crippen molar-refractivity contribution in [3.63, 3.8) is 0 Å². The van der Waals surface area contributed by atoms with Crippen LogP contribution in [-0.4, -0.2) is 47.4 Å². The molecule has 1 aromatic heterocycles.